The molecular formula is C18H19N3. The number of benzene rings is 1. The molecule has 2 N–H and O–H groups in total. The third-order valence-electron chi connectivity index (χ3n) is 3.76. The van der Waals surface area contributed by atoms with Crippen LogP contribution in [0.4, 0.5) is 11.4 Å². The number of nitrogen functional groups attached to an aromatic ring is 1. The van der Waals surface area contributed by atoms with Gasteiger partial charge in [-0.2, -0.15) is 0 Å². The van der Waals surface area contributed by atoms with E-state index in [9.17, 15) is 0 Å². The number of para-hydroxylation sites is 2. The van der Waals surface area contributed by atoms with E-state index in [1.807, 2.05) is 43.5 Å². The fourth-order valence-electron chi connectivity index (χ4n) is 2.86. The van der Waals surface area contributed by atoms with Crippen LogP contribution in [0.2, 0.25) is 0 Å². The number of fused-ring (bicyclic) bond motifs is 1. The number of nitrogens with two attached hydrogens (primary N) is 1. The number of pyridine rings is 1. The van der Waals surface area contributed by atoms with Crippen LogP contribution < -0.4 is 10.6 Å². The number of hydrogen-bond acceptors (Lipinski definition) is 3. The number of allylic oxidation sites excluding steroid dienone is 1. The molecule has 21 heavy (non-hydrogen) atoms. The average Bonchev–Trinajstić information content (AvgIpc) is 2.49. The predicted molar refractivity (Wildman–Crippen MR) is 88.8 cm³/mol. The Morgan fingerprint density at radius 2 is 2.10 bits per heavy atom. The highest BCUT2D eigenvalue weighted by Crippen LogP contribution is 2.38. The molecule has 1 atom stereocenters. The van der Waals surface area contributed by atoms with Crippen molar-refractivity contribution < 1.29 is 0 Å². The molecule has 1 aliphatic rings. The quantitative estimate of drug-likeness (QED) is 0.856. The Morgan fingerprint density at radius 1 is 1.29 bits per heavy atom. The number of aromatic nitrogens is 1. The van der Waals surface area contributed by atoms with Crippen LogP contribution in [0.25, 0.3) is 6.08 Å². The second-order valence-electron chi connectivity index (χ2n) is 5.30. The third kappa shape index (κ3) is 2.42. The lowest BCUT2D eigenvalue weighted by Crippen LogP contribution is -2.29. The zero-order valence-electron chi connectivity index (χ0n) is 12.2. The molecule has 2 aromatic rings. The van der Waals surface area contributed by atoms with Crippen LogP contribution in [0.5, 0.6) is 0 Å². The Labute approximate surface area is 125 Å². The Bertz CT molecular complexity index is 703. The molecule has 3 heteroatoms. The van der Waals surface area contributed by atoms with Gasteiger partial charge < -0.3 is 10.6 Å². The molecular weight excluding hydrogens is 258 g/mol. The van der Waals surface area contributed by atoms with Gasteiger partial charge in [0.25, 0.3) is 0 Å². The van der Waals surface area contributed by atoms with Crippen LogP contribution in [-0.4, -0.2) is 4.98 Å². The Morgan fingerprint density at radius 3 is 2.86 bits per heavy atom. The number of nitrogens with zero attached hydrogens (tertiary/aromatic N) is 2. The van der Waals surface area contributed by atoms with Crippen molar-refractivity contribution in [1.82, 2.24) is 4.98 Å². The third-order valence-corrected chi connectivity index (χ3v) is 3.76. The molecule has 1 heterocycles. The molecule has 0 fully saturated rings. The van der Waals surface area contributed by atoms with E-state index in [-0.39, 0.29) is 6.04 Å². The molecule has 3 nitrogen and oxygen atoms in total. The summed E-state index contributed by atoms with van der Waals surface area (Å²) >= 11 is 0. The molecule has 1 unspecified atom stereocenters. The minimum atomic E-state index is 0.133. The summed E-state index contributed by atoms with van der Waals surface area (Å²) in [5.41, 5.74) is 11.1. The maximum atomic E-state index is 6.16. The zero-order chi connectivity index (χ0) is 14.8. The van der Waals surface area contributed by atoms with Crippen LogP contribution >= 0.6 is 0 Å². The first kappa shape index (κ1) is 13.4. The standard InChI is InChI=1S/C18H19N3/c1-13(2)21(16-10-4-3-9-15(16)19)17-11-5-7-14-8-6-12-20-18(14)17/h3-10,12,17H,1,11,19H2,2H3. The second kappa shape index (κ2) is 5.44. The molecule has 0 bridgehead atoms. The Kier molecular flexibility index (Phi) is 3.48. The summed E-state index contributed by atoms with van der Waals surface area (Å²) in [4.78, 5) is 6.77. The zero-order valence-corrected chi connectivity index (χ0v) is 12.2. The molecule has 0 spiro atoms. The van der Waals surface area contributed by atoms with E-state index in [1.165, 1.54) is 0 Å². The predicted octanol–water partition coefficient (Wildman–Crippen LogP) is 4.16. The first-order valence-electron chi connectivity index (χ1n) is 7.09. The lowest BCUT2D eigenvalue weighted by atomic mass is 9.95. The summed E-state index contributed by atoms with van der Waals surface area (Å²) in [7, 11) is 0. The highest BCUT2D eigenvalue weighted by atomic mass is 15.2. The summed E-state index contributed by atoms with van der Waals surface area (Å²) in [6.07, 6.45) is 7.05. The summed E-state index contributed by atoms with van der Waals surface area (Å²) < 4.78 is 0. The first-order valence-corrected chi connectivity index (χ1v) is 7.09. The van der Waals surface area contributed by atoms with Crippen molar-refractivity contribution in [3.63, 3.8) is 0 Å². The Hall–Kier alpha value is -2.55. The molecule has 0 radical (unpaired) electrons. The second-order valence-corrected chi connectivity index (χ2v) is 5.30. The van der Waals surface area contributed by atoms with Crippen LogP contribution in [0, 0.1) is 0 Å². The topological polar surface area (TPSA) is 42.1 Å². The summed E-state index contributed by atoms with van der Waals surface area (Å²) in [5.74, 6) is 0. The van der Waals surface area contributed by atoms with E-state index >= 15 is 0 Å². The van der Waals surface area contributed by atoms with Gasteiger partial charge in [0.05, 0.1) is 23.1 Å². The van der Waals surface area contributed by atoms with Crippen molar-refractivity contribution in [3.05, 3.63) is 72.2 Å². The monoisotopic (exact) mass is 277 g/mol. The SMILES string of the molecule is C=C(C)N(c1ccccc1N)C1CC=Cc2cccnc21. The van der Waals surface area contributed by atoms with E-state index in [1.54, 1.807) is 0 Å². The number of hydrogen-bond donors (Lipinski definition) is 1. The van der Waals surface area contributed by atoms with Gasteiger partial charge in [-0.1, -0.05) is 36.9 Å². The van der Waals surface area contributed by atoms with Gasteiger partial charge in [-0.25, -0.2) is 0 Å². The van der Waals surface area contributed by atoms with Crippen molar-refractivity contribution in [1.29, 1.82) is 0 Å². The summed E-state index contributed by atoms with van der Waals surface area (Å²) in [5, 5.41) is 0. The van der Waals surface area contributed by atoms with Crippen LogP contribution in [0.15, 0.2) is 60.9 Å². The summed E-state index contributed by atoms with van der Waals surface area (Å²) in [6, 6.07) is 12.1. The maximum Gasteiger partial charge on any atom is 0.0800 e. The smallest absolute Gasteiger partial charge is 0.0800 e. The fourth-order valence-corrected chi connectivity index (χ4v) is 2.86. The highest BCUT2D eigenvalue weighted by Gasteiger charge is 2.26. The van der Waals surface area contributed by atoms with Gasteiger partial charge in [-0.05, 0) is 37.1 Å². The van der Waals surface area contributed by atoms with Gasteiger partial charge >= 0.3 is 0 Å². The van der Waals surface area contributed by atoms with Gasteiger partial charge in [0.1, 0.15) is 0 Å². The van der Waals surface area contributed by atoms with Crippen LogP contribution in [0.3, 0.4) is 0 Å². The maximum absolute atomic E-state index is 6.16. The van der Waals surface area contributed by atoms with Crippen molar-refractivity contribution >= 4 is 17.5 Å². The summed E-state index contributed by atoms with van der Waals surface area (Å²) in [6.45, 7) is 6.15. The number of rotatable bonds is 3. The minimum Gasteiger partial charge on any atom is -0.397 e. The molecule has 0 saturated carbocycles. The largest absolute Gasteiger partial charge is 0.397 e. The van der Waals surface area contributed by atoms with E-state index in [4.69, 9.17) is 5.73 Å². The van der Waals surface area contributed by atoms with E-state index in [0.29, 0.717) is 0 Å². The lowest BCUT2D eigenvalue weighted by Gasteiger charge is -2.35. The van der Waals surface area contributed by atoms with Gasteiger partial charge in [-0.3, -0.25) is 4.98 Å². The van der Waals surface area contributed by atoms with Crippen molar-refractivity contribution in [2.24, 2.45) is 0 Å². The van der Waals surface area contributed by atoms with Gasteiger partial charge in [0.15, 0.2) is 0 Å². The van der Waals surface area contributed by atoms with Crippen molar-refractivity contribution in [2.45, 2.75) is 19.4 Å². The van der Waals surface area contributed by atoms with Crippen molar-refractivity contribution in [2.75, 3.05) is 10.6 Å². The number of anilines is 2. The van der Waals surface area contributed by atoms with E-state index < -0.39 is 0 Å². The van der Waals surface area contributed by atoms with Gasteiger partial charge in [-0.15, -0.1) is 0 Å². The normalized spacial score (nSPS) is 16.3. The lowest BCUT2D eigenvalue weighted by molar-refractivity contribution is 0.656. The minimum absolute atomic E-state index is 0.133. The molecule has 3 rings (SSSR count). The molecule has 0 amide bonds. The molecule has 1 aromatic heterocycles. The molecule has 1 aromatic carbocycles. The van der Waals surface area contributed by atoms with Crippen molar-refractivity contribution in [3.8, 4) is 0 Å². The van der Waals surface area contributed by atoms with E-state index in [2.05, 4.69) is 34.7 Å². The van der Waals surface area contributed by atoms with E-state index in [0.717, 1.165) is 34.8 Å². The molecule has 106 valence electrons. The average molecular weight is 277 g/mol. The molecule has 0 saturated heterocycles. The van der Waals surface area contributed by atoms with Crippen LogP contribution in [0.1, 0.15) is 30.6 Å². The van der Waals surface area contributed by atoms with Gasteiger partial charge in [0.2, 0.25) is 0 Å². The van der Waals surface area contributed by atoms with Crippen LogP contribution in [-0.2, 0) is 0 Å². The molecule has 1 aliphatic carbocycles. The van der Waals surface area contributed by atoms with Gasteiger partial charge in [0, 0.05) is 11.9 Å². The Balaban J connectivity index is 2.10. The first-order chi connectivity index (χ1) is 10.2. The molecule has 0 aliphatic heterocycles. The fraction of sp³-hybridized carbons (Fsp3) is 0.167. The highest BCUT2D eigenvalue weighted by molar-refractivity contribution is 5.71.